The number of ether oxygens (including phenoxy) is 1. The van der Waals surface area contributed by atoms with Gasteiger partial charge < -0.3 is 4.74 Å². The summed E-state index contributed by atoms with van der Waals surface area (Å²) in [7, 11) is -0.378. The normalized spacial score (nSPS) is 11.0. The minimum atomic E-state index is -0.854. The molecule has 0 aromatic heterocycles. The maximum absolute atomic E-state index is 14.8. The third-order valence-electron chi connectivity index (χ3n) is 4.74. The Kier molecular flexibility index (Phi) is 6.63. The van der Waals surface area contributed by atoms with Gasteiger partial charge in [0.15, 0.2) is 31.9 Å². The first-order valence-corrected chi connectivity index (χ1v) is 11.7. The van der Waals surface area contributed by atoms with Gasteiger partial charge in [-0.1, -0.05) is 66.4 Å². The molecule has 0 fully saturated rings. The Morgan fingerprint density at radius 2 is 1.22 bits per heavy atom. The van der Waals surface area contributed by atoms with Crippen molar-refractivity contribution < 1.29 is 9.13 Å². The standard InChI is InChI=1S/C29H24FOS/c1-29(2,21-20-23-12-6-3-7-13-23)31-28-22-26(18-19-27(28)30)32(24-14-8-4-9-15-24)25-16-10-5-11-17-25/h3-19,22H,1-2H3/q+1. The molecule has 0 aliphatic rings. The lowest BCUT2D eigenvalue weighted by molar-refractivity contribution is 0.164. The third kappa shape index (κ3) is 5.41. The predicted octanol–water partition coefficient (Wildman–Crippen LogP) is 7.13. The van der Waals surface area contributed by atoms with Crippen molar-refractivity contribution in [3.8, 4) is 17.6 Å². The zero-order valence-electron chi connectivity index (χ0n) is 18.1. The van der Waals surface area contributed by atoms with Gasteiger partial charge in [0.05, 0.1) is 10.9 Å². The van der Waals surface area contributed by atoms with Crippen LogP contribution in [0.1, 0.15) is 19.4 Å². The molecule has 0 radical (unpaired) electrons. The smallest absolute Gasteiger partial charge is 0.170 e. The van der Waals surface area contributed by atoms with E-state index in [1.807, 2.05) is 92.7 Å². The van der Waals surface area contributed by atoms with Crippen molar-refractivity contribution in [1.29, 1.82) is 0 Å². The minimum absolute atomic E-state index is 0.208. The van der Waals surface area contributed by atoms with Crippen molar-refractivity contribution in [2.75, 3.05) is 0 Å². The molecule has 4 rings (SSSR count). The molecule has 3 heteroatoms. The Balaban J connectivity index is 1.69. The lowest BCUT2D eigenvalue weighted by Gasteiger charge is -2.21. The van der Waals surface area contributed by atoms with Crippen LogP contribution in [0.2, 0.25) is 0 Å². The summed E-state index contributed by atoms with van der Waals surface area (Å²) in [4.78, 5) is 3.32. The molecule has 158 valence electrons. The average Bonchev–Trinajstić information content (AvgIpc) is 2.82. The van der Waals surface area contributed by atoms with Crippen molar-refractivity contribution in [3.05, 3.63) is 121 Å². The van der Waals surface area contributed by atoms with Crippen LogP contribution in [-0.2, 0) is 10.9 Å². The van der Waals surface area contributed by atoms with Gasteiger partial charge in [-0.05, 0) is 62.4 Å². The highest BCUT2D eigenvalue weighted by molar-refractivity contribution is 7.97. The van der Waals surface area contributed by atoms with Gasteiger partial charge in [-0.25, -0.2) is 4.39 Å². The van der Waals surface area contributed by atoms with Crippen LogP contribution in [0.4, 0.5) is 4.39 Å². The van der Waals surface area contributed by atoms with Crippen molar-refractivity contribution in [2.24, 2.45) is 0 Å². The van der Waals surface area contributed by atoms with E-state index in [-0.39, 0.29) is 16.6 Å². The molecule has 0 heterocycles. The Morgan fingerprint density at radius 1 is 0.688 bits per heavy atom. The van der Waals surface area contributed by atoms with Crippen LogP contribution in [-0.4, -0.2) is 5.60 Å². The zero-order chi connectivity index (χ0) is 22.4. The largest absolute Gasteiger partial charge is 0.472 e. The molecule has 0 spiro atoms. The van der Waals surface area contributed by atoms with E-state index in [1.54, 1.807) is 0 Å². The van der Waals surface area contributed by atoms with Crippen LogP contribution in [0.3, 0.4) is 0 Å². The summed E-state index contributed by atoms with van der Waals surface area (Å²) in [6.07, 6.45) is 0. The van der Waals surface area contributed by atoms with Gasteiger partial charge in [0.1, 0.15) is 0 Å². The Bertz CT molecular complexity index is 1190. The predicted molar refractivity (Wildman–Crippen MR) is 129 cm³/mol. The number of halogens is 1. The van der Waals surface area contributed by atoms with Gasteiger partial charge in [0, 0.05) is 11.6 Å². The number of hydrogen-bond donors (Lipinski definition) is 0. The third-order valence-corrected chi connectivity index (χ3v) is 6.96. The molecule has 0 aliphatic carbocycles. The number of hydrogen-bond acceptors (Lipinski definition) is 1. The van der Waals surface area contributed by atoms with Gasteiger partial charge in [0.2, 0.25) is 0 Å². The molecule has 0 saturated heterocycles. The topological polar surface area (TPSA) is 9.23 Å². The fourth-order valence-corrected chi connectivity index (χ4v) is 5.36. The highest BCUT2D eigenvalue weighted by Crippen LogP contribution is 2.34. The van der Waals surface area contributed by atoms with Crippen molar-refractivity contribution in [3.63, 3.8) is 0 Å². The molecule has 0 aliphatic heterocycles. The molecular weight excluding hydrogens is 415 g/mol. The second-order valence-electron chi connectivity index (χ2n) is 7.75. The second kappa shape index (κ2) is 9.77. The molecule has 4 aromatic carbocycles. The lowest BCUT2D eigenvalue weighted by atomic mass is 10.1. The first kappa shape index (κ1) is 21.7. The van der Waals surface area contributed by atoms with Gasteiger partial charge in [-0.3, -0.25) is 0 Å². The Morgan fingerprint density at radius 3 is 1.78 bits per heavy atom. The van der Waals surface area contributed by atoms with Crippen LogP contribution in [0.15, 0.2) is 124 Å². The fourth-order valence-electron chi connectivity index (χ4n) is 3.25. The van der Waals surface area contributed by atoms with Crippen LogP contribution in [0.5, 0.6) is 5.75 Å². The van der Waals surface area contributed by atoms with E-state index < -0.39 is 11.4 Å². The molecule has 1 nitrogen and oxygen atoms in total. The van der Waals surface area contributed by atoms with E-state index in [1.165, 1.54) is 15.9 Å². The quantitative estimate of drug-likeness (QED) is 0.237. The first-order valence-electron chi connectivity index (χ1n) is 10.4. The minimum Gasteiger partial charge on any atom is -0.472 e. The highest BCUT2D eigenvalue weighted by Gasteiger charge is 2.30. The van der Waals surface area contributed by atoms with Crippen LogP contribution < -0.4 is 4.74 Å². The lowest BCUT2D eigenvalue weighted by Crippen LogP contribution is -2.26. The molecule has 4 aromatic rings. The summed E-state index contributed by atoms with van der Waals surface area (Å²) in [6, 6.07) is 35.4. The SMILES string of the molecule is CC(C)(C#Cc1ccccc1)Oc1cc([S+](c2ccccc2)c2ccccc2)ccc1F. The zero-order valence-corrected chi connectivity index (χ0v) is 18.9. The van der Waals surface area contributed by atoms with Crippen molar-refractivity contribution in [2.45, 2.75) is 34.1 Å². The number of benzene rings is 4. The summed E-state index contributed by atoms with van der Waals surface area (Å²) < 4.78 is 20.8. The number of rotatable bonds is 5. The fraction of sp³-hybridized carbons (Fsp3) is 0.103. The monoisotopic (exact) mass is 439 g/mol. The second-order valence-corrected chi connectivity index (χ2v) is 9.78. The summed E-state index contributed by atoms with van der Waals surface area (Å²) in [5, 5.41) is 0. The molecule has 0 amide bonds. The molecule has 0 N–H and O–H groups in total. The van der Waals surface area contributed by atoms with E-state index in [9.17, 15) is 4.39 Å². The average molecular weight is 440 g/mol. The summed E-state index contributed by atoms with van der Waals surface area (Å²) in [5.74, 6) is 6.06. The van der Waals surface area contributed by atoms with Crippen LogP contribution in [0.25, 0.3) is 0 Å². The van der Waals surface area contributed by atoms with E-state index in [4.69, 9.17) is 4.74 Å². The molecule has 32 heavy (non-hydrogen) atoms. The summed E-state index contributed by atoms with van der Waals surface area (Å²) in [5.41, 5.74) is 0.0426. The molecular formula is C29H24FOS+. The van der Waals surface area contributed by atoms with Crippen LogP contribution >= 0.6 is 0 Å². The van der Waals surface area contributed by atoms with Crippen LogP contribution in [0, 0.1) is 17.7 Å². The Labute approximate surface area is 192 Å². The molecule has 0 bridgehead atoms. The molecule has 0 atom stereocenters. The Hall–Kier alpha value is -3.48. The first-order chi connectivity index (χ1) is 15.5. The highest BCUT2D eigenvalue weighted by atomic mass is 32.2. The maximum Gasteiger partial charge on any atom is 0.170 e. The molecule has 0 unspecified atom stereocenters. The van der Waals surface area contributed by atoms with E-state index in [2.05, 4.69) is 36.1 Å². The van der Waals surface area contributed by atoms with Crippen molar-refractivity contribution >= 4 is 10.9 Å². The van der Waals surface area contributed by atoms with Gasteiger partial charge in [0.25, 0.3) is 0 Å². The summed E-state index contributed by atoms with van der Waals surface area (Å²) >= 11 is 0. The van der Waals surface area contributed by atoms with E-state index in [0.717, 1.165) is 10.5 Å². The maximum atomic E-state index is 14.8. The van der Waals surface area contributed by atoms with E-state index in [0.29, 0.717) is 0 Å². The molecule has 0 saturated carbocycles. The van der Waals surface area contributed by atoms with Crippen molar-refractivity contribution in [1.82, 2.24) is 0 Å². The van der Waals surface area contributed by atoms with Gasteiger partial charge in [-0.15, -0.1) is 0 Å². The van der Waals surface area contributed by atoms with Gasteiger partial charge in [-0.2, -0.15) is 0 Å². The van der Waals surface area contributed by atoms with Gasteiger partial charge >= 0.3 is 0 Å². The summed E-state index contributed by atoms with van der Waals surface area (Å²) in [6.45, 7) is 3.70. The van der Waals surface area contributed by atoms with E-state index >= 15 is 0 Å².